The SMILES string of the molecule is CN(C)CCCNc1nc(Nc2cc(Cl)ccc2O)cc(-c2cccc(OC(F)(F)F)c2)n1. The highest BCUT2D eigenvalue weighted by Crippen LogP contribution is 2.32. The molecule has 11 heteroatoms. The second kappa shape index (κ2) is 10.6. The van der Waals surface area contributed by atoms with Crippen molar-refractivity contribution in [3.05, 3.63) is 53.6 Å². The zero-order valence-corrected chi connectivity index (χ0v) is 18.7. The molecule has 3 aromatic rings. The van der Waals surface area contributed by atoms with Gasteiger partial charge in [0.15, 0.2) is 0 Å². The number of hydrogen-bond donors (Lipinski definition) is 3. The average Bonchev–Trinajstić information content (AvgIpc) is 2.72. The van der Waals surface area contributed by atoms with Crippen LogP contribution in [0, 0.1) is 0 Å². The number of ether oxygens (including phenoxy) is 1. The molecular formula is C22H23ClF3N5O2. The fraction of sp³-hybridized carbons (Fsp3) is 0.273. The lowest BCUT2D eigenvalue weighted by Crippen LogP contribution is -2.17. The van der Waals surface area contributed by atoms with Gasteiger partial charge in [0.2, 0.25) is 5.95 Å². The van der Waals surface area contributed by atoms with Gasteiger partial charge in [0.05, 0.1) is 11.4 Å². The summed E-state index contributed by atoms with van der Waals surface area (Å²) >= 11 is 6.02. The lowest BCUT2D eigenvalue weighted by molar-refractivity contribution is -0.274. The molecule has 2 aromatic carbocycles. The highest BCUT2D eigenvalue weighted by atomic mass is 35.5. The first-order valence-corrected chi connectivity index (χ1v) is 10.4. The van der Waals surface area contributed by atoms with Crippen molar-refractivity contribution in [1.29, 1.82) is 0 Å². The second-order valence-corrected chi connectivity index (χ2v) is 7.84. The van der Waals surface area contributed by atoms with Crippen LogP contribution in [0.4, 0.5) is 30.6 Å². The van der Waals surface area contributed by atoms with Crippen LogP contribution in [0.3, 0.4) is 0 Å². The van der Waals surface area contributed by atoms with E-state index in [2.05, 4.69) is 25.3 Å². The van der Waals surface area contributed by atoms with Gasteiger partial charge in [-0.2, -0.15) is 4.98 Å². The zero-order chi connectivity index (χ0) is 24.0. The smallest absolute Gasteiger partial charge is 0.506 e. The van der Waals surface area contributed by atoms with Crippen molar-refractivity contribution in [2.24, 2.45) is 0 Å². The molecule has 0 spiro atoms. The normalized spacial score (nSPS) is 11.5. The van der Waals surface area contributed by atoms with Crippen LogP contribution >= 0.6 is 11.6 Å². The highest BCUT2D eigenvalue weighted by Gasteiger charge is 2.31. The highest BCUT2D eigenvalue weighted by molar-refractivity contribution is 6.31. The van der Waals surface area contributed by atoms with Gasteiger partial charge in [0.25, 0.3) is 0 Å². The number of nitrogens with zero attached hydrogens (tertiary/aromatic N) is 3. The molecule has 1 aromatic heterocycles. The van der Waals surface area contributed by atoms with Crippen LogP contribution in [-0.2, 0) is 0 Å². The molecule has 0 bridgehead atoms. The van der Waals surface area contributed by atoms with Gasteiger partial charge >= 0.3 is 6.36 Å². The molecule has 0 aliphatic carbocycles. The van der Waals surface area contributed by atoms with E-state index in [0.29, 0.717) is 34.3 Å². The van der Waals surface area contributed by atoms with Gasteiger partial charge in [-0.05, 0) is 57.4 Å². The summed E-state index contributed by atoms with van der Waals surface area (Å²) < 4.78 is 41.9. The molecule has 0 saturated carbocycles. The number of aromatic hydroxyl groups is 1. The second-order valence-electron chi connectivity index (χ2n) is 7.41. The number of anilines is 3. The van der Waals surface area contributed by atoms with E-state index in [0.717, 1.165) is 13.0 Å². The quantitative estimate of drug-likeness (QED) is 0.274. The minimum absolute atomic E-state index is 0.0411. The molecule has 0 saturated heterocycles. The molecule has 1 heterocycles. The summed E-state index contributed by atoms with van der Waals surface area (Å²) in [5.74, 6) is 0.189. The van der Waals surface area contributed by atoms with Crippen LogP contribution in [-0.4, -0.2) is 53.5 Å². The number of alkyl halides is 3. The Morgan fingerprint density at radius 3 is 2.61 bits per heavy atom. The first-order valence-electron chi connectivity index (χ1n) is 9.98. The van der Waals surface area contributed by atoms with Crippen LogP contribution in [0.5, 0.6) is 11.5 Å². The number of benzene rings is 2. The van der Waals surface area contributed by atoms with E-state index in [1.54, 1.807) is 12.1 Å². The molecule has 0 atom stereocenters. The van der Waals surface area contributed by atoms with Crippen molar-refractivity contribution in [1.82, 2.24) is 14.9 Å². The molecule has 3 rings (SSSR count). The van der Waals surface area contributed by atoms with E-state index in [9.17, 15) is 18.3 Å². The van der Waals surface area contributed by atoms with Gasteiger partial charge in [-0.15, -0.1) is 13.2 Å². The molecule has 176 valence electrons. The van der Waals surface area contributed by atoms with E-state index < -0.39 is 6.36 Å². The first-order chi connectivity index (χ1) is 15.6. The lowest BCUT2D eigenvalue weighted by Gasteiger charge is -2.14. The molecule has 0 fully saturated rings. The van der Waals surface area contributed by atoms with E-state index in [4.69, 9.17) is 11.6 Å². The van der Waals surface area contributed by atoms with Crippen molar-refractivity contribution in [3.8, 4) is 22.8 Å². The minimum Gasteiger partial charge on any atom is -0.506 e. The van der Waals surface area contributed by atoms with Crippen molar-refractivity contribution in [3.63, 3.8) is 0 Å². The number of phenols is 1. The Labute approximate surface area is 194 Å². The van der Waals surface area contributed by atoms with Crippen LogP contribution < -0.4 is 15.4 Å². The van der Waals surface area contributed by atoms with Gasteiger partial charge in [0, 0.05) is 23.2 Å². The Hall–Kier alpha value is -3.24. The molecule has 3 N–H and O–H groups in total. The summed E-state index contributed by atoms with van der Waals surface area (Å²) in [5.41, 5.74) is 1.07. The van der Waals surface area contributed by atoms with Crippen molar-refractivity contribution in [2.75, 3.05) is 37.8 Å². The first kappa shape index (κ1) is 24.4. The maximum absolute atomic E-state index is 12.6. The van der Waals surface area contributed by atoms with Gasteiger partial charge in [-0.3, -0.25) is 0 Å². The summed E-state index contributed by atoms with van der Waals surface area (Å²) in [6.07, 6.45) is -3.98. The maximum atomic E-state index is 12.6. The third kappa shape index (κ3) is 7.69. The number of nitrogens with one attached hydrogen (secondary N) is 2. The Morgan fingerprint density at radius 2 is 1.88 bits per heavy atom. The molecule has 0 unspecified atom stereocenters. The van der Waals surface area contributed by atoms with Gasteiger partial charge in [-0.1, -0.05) is 23.7 Å². The monoisotopic (exact) mass is 481 g/mol. The topological polar surface area (TPSA) is 82.5 Å². The number of hydrogen-bond acceptors (Lipinski definition) is 7. The molecule has 0 amide bonds. The summed E-state index contributed by atoms with van der Waals surface area (Å²) in [7, 11) is 3.93. The maximum Gasteiger partial charge on any atom is 0.573 e. The molecule has 0 radical (unpaired) electrons. The van der Waals surface area contributed by atoms with Crippen LogP contribution in [0.2, 0.25) is 5.02 Å². The van der Waals surface area contributed by atoms with Gasteiger partial charge in [0.1, 0.15) is 17.3 Å². The van der Waals surface area contributed by atoms with E-state index in [1.807, 2.05) is 19.0 Å². The Bertz CT molecular complexity index is 1100. The number of aromatic nitrogens is 2. The Morgan fingerprint density at radius 1 is 1.09 bits per heavy atom. The summed E-state index contributed by atoms with van der Waals surface area (Å²) in [5, 5.41) is 16.6. The molecule has 0 aliphatic rings. The number of halogens is 4. The van der Waals surface area contributed by atoms with Gasteiger partial charge in [-0.25, -0.2) is 4.98 Å². The number of rotatable bonds is 9. The Balaban J connectivity index is 1.93. The predicted octanol–water partition coefficient (Wildman–Crippen LogP) is 5.51. The van der Waals surface area contributed by atoms with Crippen molar-refractivity contribution >= 4 is 29.1 Å². The third-order valence-electron chi connectivity index (χ3n) is 4.38. The van der Waals surface area contributed by atoms with E-state index in [-0.39, 0.29) is 17.4 Å². The fourth-order valence-electron chi connectivity index (χ4n) is 2.93. The summed E-state index contributed by atoms with van der Waals surface area (Å²) in [6.45, 7) is 1.44. The van der Waals surface area contributed by atoms with Crippen LogP contribution in [0.25, 0.3) is 11.3 Å². The largest absolute Gasteiger partial charge is 0.573 e. The fourth-order valence-corrected chi connectivity index (χ4v) is 3.10. The molecule has 0 aliphatic heterocycles. The predicted molar refractivity (Wildman–Crippen MR) is 122 cm³/mol. The van der Waals surface area contributed by atoms with Crippen LogP contribution in [0.1, 0.15) is 6.42 Å². The average molecular weight is 482 g/mol. The molecule has 33 heavy (non-hydrogen) atoms. The standard InChI is InChI=1S/C22H23ClF3N5O2/c1-31(2)10-4-9-27-21-29-17(14-5-3-6-16(11-14)33-22(24,25)26)13-20(30-21)28-18-12-15(23)7-8-19(18)32/h3,5-8,11-13,32H,4,9-10H2,1-2H3,(H2,27,28,29,30). The summed E-state index contributed by atoms with van der Waals surface area (Å²) in [4.78, 5) is 10.9. The molecule has 7 nitrogen and oxygen atoms in total. The Kier molecular flexibility index (Phi) is 7.83. The zero-order valence-electron chi connectivity index (χ0n) is 17.9. The van der Waals surface area contributed by atoms with Crippen molar-refractivity contribution in [2.45, 2.75) is 12.8 Å². The third-order valence-corrected chi connectivity index (χ3v) is 4.61. The van der Waals surface area contributed by atoms with E-state index in [1.165, 1.54) is 36.4 Å². The van der Waals surface area contributed by atoms with Crippen molar-refractivity contribution < 1.29 is 23.0 Å². The molecular weight excluding hydrogens is 459 g/mol. The summed E-state index contributed by atoms with van der Waals surface area (Å²) in [6, 6.07) is 11.6. The lowest BCUT2D eigenvalue weighted by atomic mass is 10.1. The van der Waals surface area contributed by atoms with E-state index >= 15 is 0 Å². The number of phenolic OH excluding ortho intramolecular Hbond substituents is 1. The minimum atomic E-state index is -4.81. The van der Waals surface area contributed by atoms with Crippen LogP contribution in [0.15, 0.2) is 48.5 Å². The van der Waals surface area contributed by atoms with Gasteiger partial charge < -0.3 is 25.4 Å².